The third-order valence-corrected chi connectivity index (χ3v) is 6.89. The van der Waals surface area contributed by atoms with Crippen LogP contribution in [0.3, 0.4) is 0 Å². The fraction of sp³-hybridized carbons (Fsp3) is 0.944. The molecule has 4 nitrogen and oxygen atoms in total. The summed E-state index contributed by atoms with van der Waals surface area (Å²) >= 11 is 0. The molecule has 3 saturated carbocycles. The number of amides is 2. The van der Waals surface area contributed by atoms with Crippen LogP contribution in [-0.2, 0) is 4.74 Å². The summed E-state index contributed by atoms with van der Waals surface area (Å²) in [7, 11) is 0. The van der Waals surface area contributed by atoms with E-state index in [9.17, 15) is 4.79 Å². The zero-order valence-electron chi connectivity index (χ0n) is 13.8. The van der Waals surface area contributed by atoms with Crippen molar-refractivity contribution in [2.24, 2.45) is 23.2 Å². The summed E-state index contributed by atoms with van der Waals surface area (Å²) in [6, 6.07) is 0.0256. The van der Waals surface area contributed by atoms with Gasteiger partial charge >= 0.3 is 6.03 Å². The first kappa shape index (κ1) is 14.8. The van der Waals surface area contributed by atoms with E-state index < -0.39 is 0 Å². The van der Waals surface area contributed by atoms with Gasteiger partial charge in [-0.3, -0.25) is 0 Å². The van der Waals surface area contributed by atoms with E-state index in [-0.39, 0.29) is 11.6 Å². The Bertz CT molecular complexity index is 444. The van der Waals surface area contributed by atoms with Crippen molar-refractivity contribution in [3.63, 3.8) is 0 Å². The van der Waals surface area contributed by atoms with Gasteiger partial charge in [-0.15, -0.1) is 0 Å². The van der Waals surface area contributed by atoms with Gasteiger partial charge in [0.15, 0.2) is 0 Å². The molecule has 2 amide bonds. The fourth-order valence-corrected chi connectivity index (χ4v) is 5.97. The molecule has 4 heteroatoms. The van der Waals surface area contributed by atoms with E-state index in [1.54, 1.807) is 0 Å². The number of hydrogen-bond acceptors (Lipinski definition) is 2. The van der Waals surface area contributed by atoms with Crippen molar-refractivity contribution in [3.8, 4) is 0 Å². The third-order valence-electron chi connectivity index (χ3n) is 6.89. The molecule has 2 N–H and O–H groups in total. The lowest BCUT2D eigenvalue weighted by molar-refractivity contribution is -0.212. The molecule has 3 atom stereocenters. The zero-order valence-corrected chi connectivity index (χ0v) is 13.8. The summed E-state index contributed by atoms with van der Waals surface area (Å²) < 4.78 is 5.78. The highest BCUT2D eigenvalue weighted by atomic mass is 16.5. The van der Waals surface area contributed by atoms with Gasteiger partial charge in [0.1, 0.15) is 0 Å². The van der Waals surface area contributed by atoms with Crippen molar-refractivity contribution >= 4 is 6.03 Å². The molecule has 0 aromatic heterocycles. The van der Waals surface area contributed by atoms with E-state index in [2.05, 4.69) is 17.6 Å². The van der Waals surface area contributed by atoms with Gasteiger partial charge in [0.25, 0.3) is 0 Å². The quantitative estimate of drug-likeness (QED) is 0.820. The minimum absolute atomic E-state index is 0.0256. The first-order valence-electron chi connectivity index (χ1n) is 9.22. The number of hydrogen-bond donors (Lipinski definition) is 2. The summed E-state index contributed by atoms with van der Waals surface area (Å²) in [5, 5.41) is 6.17. The van der Waals surface area contributed by atoms with Crippen LogP contribution in [0.1, 0.15) is 58.3 Å². The molecule has 0 aromatic rings. The predicted molar refractivity (Wildman–Crippen MR) is 85.6 cm³/mol. The highest BCUT2D eigenvalue weighted by Gasteiger charge is 2.55. The van der Waals surface area contributed by atoms with Crippen molar-refractivity contribution in [1.29, 1.82) is 0 Å². The smallest absolute Gasteiger partial charge is 0.314 e. The molecule has 22 heavy (non-hydrogen) atoms. The molecule has 4 bridgehead atoms. The van der Waals surface area contributed by atoms with Crippen LogP contribution in [0, 0.1) is 23.2 Å². The summed E-state index contributed by atoms with van der Waals surface area (Å²) in [6.45, 7) is 4.70. The van der Waals surface area contributed by atoms with Crippen LogP contribution in [0.5, 0.6) is 0 Å². The molecular weight excluding hydrogens is 276 g/mol. The van der Waals surface area contributed by atoms with E-state index in [0.29, 0.717) is 5.41 Å². The standard InChI is InChI=1S/C18H30N2O2/c1-17-10-18(11-17,5-7-22-17)12-20-16(21)19-6-4-15-9-13-2-3-14(15)8-13/h13-15H,2-12H2,1H3,(H2,19,20,21). The number of rotatable bonds is 5. The second-order valence-electron chi connectivity index (χ2n) is 8.73. The number of urea groups is 1. The summed E-state index contributed by atoms with van der Waals surface area (Å²) in [6.07, 6.45) is 10.2. The summed E-state index contributed by atoms with van der Waals surface area (Å²) in [5.74, 6) is 2.84. The molecule has 3 aliphatic carbocycles. The van der Waals surface area contributed by atoms with Crippen LogP contribution in [0.25, 0.3) is 0 Å². The van der Waals surface area contributed by atoms with Gasteiger partial charge < -0.3 is 15.4 Å². The molecule has 124 valence electrons. The first-order valence-corrected chi connectivity index (χ1v) is 9.22. The fourth-order valence-electron chi connectivity index (χ4n) is 5.97. The maximum atomic E-state index is 12.0. The number of carbonyl (C=O) groups is 1. The lowest BCUT2D eigenvalue weighted by atomic mass is 9.56. The van der Waals surface area contributed by atoms with E-state index in [1.807, 2.05) is 0 Å². The molecule has 2 aliphatic heterocycles. The van der Waals surface area contributed by atoms with Gasteiger partial charge in [-0.2, -0.15) is 0 Å². The van der Waals surface area contributed by atoms with Crippen molar-refractivity contribution in [2.75, 3.05) is 19.7 Å². The van der Waals surface area contributed by atoms with Crippen molar-refractivity contribution in [2.45, 2.75) is 63.9 Å². The normalized spacial score (nSPS) is 45.4. The first-order chi connectivity index (χ1) is 10.6. The Morgan fingerprint density at radius 3 is 2.77 bits per heavy atom. The lowest BCUT2D eigenvalue weighted by Gasteiger charge is -2.58. The number of nitrogens with one attached hydrogen (secondary N) is 2. The lowest BCUT2D eigenvalue weighted by Crippen LogP contribution is -2.61. The van der Waals surface area contributed by atoms with Crippen LogP contribution < -0.4 is 10.6 Å². The maximum absolute atomic E-state index is 12.0. The monoisotopic (exact) mass is 306 g/mol. The van der Waals surface area contributed by atoms with E-state index in [0.717, 1.165) is 56.7 Å². The molecule has 3 unspecified atom stereocenters. The van der Waals surface area contributed by atoms with Crippen molar-refractivity contribution < 1.29 is 9.53 Å². The van der Waals surface area contributed by atoms with Crippen LogP contribution in [0.4, 0.5) is 4.79 Å². The average Bonchev–Trinajstić information content (AvgIpc) is 3.07. The Kier molecular flexibility index (Phi) is 3.63. The van der Waals surface area contributed by atoms with Gasteiger partial charge in [-0.05, 0) is 75.0 Å². The Labute approximate surface area is 133 Å². The van der Waals surface area contributed by atoms with Crippen molar-refractivity contribution in [1.82, 2.24) is 10.6 Å². The molecular formula is C18H30N2O2. The Morgan fingerprint density at radius 1 is 1.23 bits per heavy atom. The van der Waals surface area contributed by atoms with Crippen LogP contribution in [0.15, 0.2) is 0 Å². The highest BCUT2D eigenvalue weighted by molar-refractivity contribution is 5.73. The van der Waals surface area contributed by atoms with E-state index >= 15 is 0 Å². The molecule has 2 heterocycles. The summed E-state index contributed by atoms with van der Waals surface area (Å²) in [5.41, 5.74) is 0.410. The van der Waals surface area contributed by atoms with Gasteiger partial charge in [-0.1, -0.05) is 6.42 Å². The van der Waals surface area contributed by atoms with Gasteiger partial charge in [0, 0.05) is 19.7 Å². The number of fused-ring (bicyclic) bond motifs is 4. The van der Waals surface area contributed by atoms with Crippen LogP contribution in [0.2, 0.25) is 0 Å². The molecule has 0 radical (unpaired) electrons. The number of ether oxygens (including phenoxy) is 1. The van der Waals surface area contributed by atoms with E-state index in [1.165, 1.54) is 32.1 Å². The Hall–Kier alpha value is -0.770. The second-order valence-corrected chi connectivity index (χ2v) is 8.73. The minimum Gasteiger partial charge on any atom is -0.375 e. The largest absolute Gasteiger partial charge is 0.375 e. The SMILES string of the molecule is CC12CC(CNC(=O)NCCC3CC4CCC3C4)(CCO1)C2. The highest BCUT2D eigenvalue weighted by Crippen LogP contribution is 2.56. The topological polar surface area (TPSA) is 50.4 Å². The maximum Gasteiger partial charge on any atom is 0.314 e. The second kappa shape index (κ2) is 5.40. The molecule has 0 aromatic carbocycles. The van der Waals surface area contributed by atoms with E-state index in [4.69, 9.17) is 4.74 Å². The molecule has 2 saturated heterocycles. The van der Waals surface area contributed by atoms with Crippen molar-refractivity contribution in [3.05, 3.63) is 0 Å². The zero-order chi connectivity index (χ0) is 15.2. The predicted octanol–water partition coefficient (Wildman–Crippen LogP) is 3.07. The molecule has 5 fully saturated rings. The third kappa shape index (κ3) is 2.75. The number of carbonyl (C=O) groups excluding carboxylic acids is 1. The summed E-state index contributed by atoms with van der Waals surface area (Å²) in [4.78, 5) is 12.0. The Morgan fingerprint density at radius 2 is 2.09 bits per heavy atom. The molecule has 0 spiro atoms. The van der Waals surface area contributed by atoms with Crippen LogP contribution >= 0.6 is 0 Å². The van der Waals surface area contributed by atoms with Gasteiger partial charge in [0.05, 0.1) is 5.60 Å². The molecule has 5 rings (SSSR count). The average molecular weight is 306 g/mol. The van der Waals surface area contributed by atoms with Gasteiger partial charge in [-0.25, -0.2) is 4.79 Å². The molecule has 5 aliphatic rings. The van der Waals surface area contributed by atoms with Gasteiger partial charge in [0.2, 0.25) is 0 Å². The minimum atomic E-state index is 0.0256. The van der Waals surface area contributed by atoms with Crippen LogP contribution in [-0.4, -0.2) is 31.3 Å². The Balaban J connectivity index is 1.14.